The van der Waals surface area contributed by atoms with Crippen LogP contribution in [-0.4, -0.2) is 25.8 Å². The number of carbonyl (C=O) groups excluding carboxylic acids is 1. The molecule has 1 aromatic rings. The van der Waals surface area contributed by atoms with Crippen LogP contribution < -0.4 is 11.0 Å². The molecule has 0 unspecified atom stereocenters. The number of aromatic nitrogens is 3. The van der Waals surface area contributed by atoms with E-state index < -0.39 is 11.1 Å². The largest absolute Gasteiger partial charge is 0.346 e. The van der Waals surface area contributed by atoms with Gasteiger partial charge in [0.05, 0.1) is 11.6 Å². The Morgan fingerprint density at radius 3 is 2.52 bits per heavy atom. The SMILES string of the molecule is CC(C)(C)n1ncn(CC(=O)N[C@](C)(C#N)C2CC2)c1=O. The molecule has 0 radical (unpaired) electrons. The van der Waals surface area contributed by atoms with Gasteiger partial charge in [0.1, 0.15) is 18.4 Å². The first-order valence-corrected chi connectivity index (χ1v) is 7.04. The van der Waals surface area contributed by atoms with Crippen LogP contribution in [0.15, 0.2) is 11.1 Å². The Morgan fingerprint density at radius 1 is 1.48 bits per heavy atom. The molecular formula is C14H21N5O2. The molecule has 1 fully saturated rings. The zero-order chi connectivity index (χ0) is 15.8. The first-order valence-electron chi connectivity index (χ1n) is 7.04. The lowest BCUT2D eigenvalue weighted by Crippen LogP contribution is -2.48. The van der Waals surface area contributed by atoms with Gasteiger partial charge >= 0.3 is 5.69 Å². The number of nitrogens with zero attached hydrogens (tertiary/aromatic N) is 4. The predicted octanol–water partition coefficient (Wildman–Crippen LogP) is 0.608. The monoisotopic (exact) mass is 291 g/mol. The molecule has 2 rings (SSSR count). The lowest BCUT2D eigenvalue weighted by molar-refractivity contribution is -0.123. The van der Waals surface area contributed by atoms with Crippen molar-refractivity contribution in [1.29, 1.82) is 5.26 Å². The number of hydrogen-bond donors (Lipinski definition) is 1. The van der Waals surface area contributed by atoms with Gasteiger partial charge in [-0.15, -0.1) is 0 Å². The van der Waals surface area contributed by atoms with Crippen molar-refractivity contribution in [2.45, 2.75) is 58.2 Å². The smallest absolute Gasteiger partial charge is 0.336 e. The average molecular weight is 291 g/mol. The van der Waals surface area contributed by atoms with E-state index >= 15 is 0 Å². The van der Waals surface area contributed by atoms with Crippen molar-refractivity contribution in [3.8, 4) is 6.07 Å². The van der Waals surface area contributed by atoms with Crippen molar-refractivity contribution in [2.75, 3.05) is 0 Å². The van der Waals surface area contributed by atoms with Gasteiger partial charge in [0, 0.05) is 0 Å². The molecule has 1 heterocycles. The molecule has 1 aromatic heterocycles. The average Bonchev–Trinajstić information content (AvgIpc) is 3.15. The fraction of sp³-hybridized carbons (Fsp3) is 0.714. The van der Waals surface area contributed by atoms with E-state index in [2.05, 4.69) is 16.5 Å². The summed E-state index contributed by atoms with van der Waals surface area (Å²) in [7, 11) is 0. The van der Waals surface area contributed by atoms with Gasteiger partial charge in [-0.3, -0.25) is 9.36 Å². The highest BCUT2D eigenvalue weighted by Crippen LogP contribution is 2.39. The molecule has 0 aromatic carbocycles. The van der Waals surface area contributed by atoms with E-state index in [0.29, 0.717) is 0 Å². The lowest BCUT2D eigenvalue weighted by atomic mass is 9.98. The zero-order valence-electron chi connectivity index (χ0n) is 12.9. The molecule has 1 aliphatic rings. The third-order valence-electron chi connectivity index (χ3n) is 3.71. The van der Waals surface area contributed by atoms with E-state index in [9.17, 15) is 14.9 Å². The van der Waals surface area contributed by atoms with Crippen LogP contribution in [0.1, 0.15) is 40.5 Å². The minimum atomic E-state index is -0.847. The van der Waals surface area contributed by atoms with Gasteiger partial charge < -0.3 is 5.32 Å². The number of amides is 1. The van der Waals surface area contributed by atoms with E-state index in [4.69, 9.17) is 0 Å². The highest BCUT2D eigenvalue weighted by Gasteiger charge is 2.43. The number of rotatable bonds is 4. The molecule has 1 aliphatic carbocycles. The fourth-order valence-corrected chi connectivity index (χ4v) is 2.27. The number of nitrogens with one attached hydrogen (secondary N) is 1. The summed E-state index contributed by atoms with van der Waals surface area (Å²) in [5.74, 6) is -0.137. The molecule has 7 heteroatoms. The predicted molar refractivity (Wildman–Crippen MR) is 76.4 cm³/mol. The highest BCUT2D eigenvalue weighted by atomic mass is 16.2. The molecule has 1 amide bonds. The topological polar surface area (TPSA) is 92.7 Å². The van der Waals surface area contributed by atoms with Crippen LogP contribution in [0.25, 0.3) is 0 Å². The van der Waals surface area contributed by atoms with Crippen LogP contribution in [0.5, 0.6) is 0 Å². The summed E-state index contributed by atoms with van der Waals surface area (Å²) in [6.07, 6.45) is 3.26. The van der Waals surface area contributed by atoms with E-state index in [0.717, 1.165) is 12.8 Å². The highest BCUT2D eigenvalue weighted by molar-refractivity contribution is 5.77. The van der Waals surface area contributed by atoms with E-state index in [-0.39, 0.29) is 24.1 Å². The van der Waals surface area contributed by atoms with E-state index in [1.807, 2.05) is 20.8 Å². The van der Waals surface area contributed by atoms with Gasteiger partial charge in [-0.25, -0.2) is 9.48 Å². The number of nitriles is 1. The van der Waals surface area contributed by atoms with Crippen molar-refractivity contribution in [2.24, 2.45) is 5.92 Å². The number of carbonyl (C=O) groups is 1. The molecule has 114 valence electrons. The third-order valence-corrected chi connectivity index (χ3v) is 3.71. The Labute approximate surface area is 123 Å². The van der Waals surface area contributed by atoms with Gasteiger partial charge in [0.2, 0.25) is 5.91 Å². The first kappa shape index (κ1) is 15.3. The van der Waals surface area contributed by atoms with Crippen molar-refractivity contribution < 1.29 is 4.79 Å². The van der Waals surface area contributed by atoms with Crippen LogP contribution in [0, 0.1) is 17.2 Å². The maximum absolute atomic E-state index is 12.2. The summed E-state index contributed by atoms with van der Waals surface area (Å²) >= 11 is 0. The fourth-order valence-electron chi connectivity index (χ4n) is 2.27. The third kappa shape index (κ3) is 3.15. The van der Waals surface area contributed by atoms with Crippen molar-refractivity contribution in [3.05, 3.63) is 16.8 Å². The molecule has 1 saturated carbocycles. The first-order chi connectivity index (χ1) is 9.67. The molecule has 0 aliphatic heterocycles. The molecular weight excluding hydrogens is 270 g/mol. The Hall–Kier alpha value is -2.10. The quantitative estimate of drug-likeness (QED) is 0.879. The molecule has 0 saturated heterocycles. The minimum Gasteiger partial charge on any atom is -0.336 e. The summed E-state index contributed by atoms with van der Waals surface area (Å²) in [4.78, 5) is 24.2. The Balaban J connectivity index is 2.09. The van der Waals surface area contributed by atoms with Crippen molar-refractivity contribution in [1.82, 2.24) is 19.7 Å². The van der Waals surface area contributed by atoms with Crippen molar-refractivity contribution in [3.63, 3.8) is 0 Å². The molecule has 21 heavy (non-hydrogen) atoms. The van der Waals surface area contributed by atoms with Gasteiger partial charge in [-0.2, -0.15) is 10.4 Å². The van der Waals surface area contributed by atoms with Gasteiger partial charge in [0.25, 0.3) is 0 Å². The normalized spacial score (nSPS) is 17.9. The number of hydrogen-bond acceptors (Lipinski definition) is 4. The Morgan fingerprint density at radius 2 is 2.10 bits per heavy atom. The van der Waals surface area contributed by atoms with Crippen LogP contribution in [0.4, 0.5) is 0 Å². The van der Waals surface area contributed by atoms with E-state index in [1.54, 1.807) is 6.92 Å². The van der Waals surface area contributed by atoms with Crippen LogP contribution >= 0.6 is 0 Å². The molecule has 0 bridgehead atoms. The second-order valence-corrected chi connectivity index (χ2v) is 6.76. The van der Waals surface area contributed by atoms with Gasteiger partial charge in [-0.05, 0) is 46.5 Å². The summed E-state index contributed by atoms with van der Waals surface area (Å²) in [6, 6.07) is 2.16. The summed E-state index contributed by atoms with van der Waals surface area (Å²) in [6.45, 7) is 7.20. The zero-order valence-corrected chi connectivity index (χ0v) is 12.9. The maximum atomic E-state index is 12.2. The van der Waals surface area contributed by atoms with Crippen LogP contribution in [0.2, 0.25) is 0 Å². The summed E-state index contributed by atoms with van der Waals surface area (Å²) in [5, 5.41) is 16.0. The van der Waals surface area contributed by atoms with E-state index in [1.165, 1.54) is 15.6 Å². The van der Waals surface area contributed by atoms with Crippen LogP contribution in [0.3, 0.4) is 0 Å². The molecule has 0 spiro atoms. The Bertz CT molecular complexity index is 642. The van der Waals surface area contributed by atoms with Gasteiger partial charge in [0.15, 0.2) is 0 Å². The molecule has 7 nitrogen and oxygen atoms in total. The van der Waals surface area contributed by atoms with Gasteiger partial charge in [-0.1, -0.05) is 0 Å². The molecule has 1 atom stereocenters. The summed E-state index contributed by atoms with van der Waals surface area (Å²) < 4.78 is 2.59. The second-order valence-electron chi connectivity index (χ2n) is 6.76. The van der Waals surface area contributed by atoms with Crippen molar-refractivity contribution >= 4 is 5.91 Å². The Kier molecular flexibility index (Phi) is 3.66. The maximum Gasteiger partial charge on any atom is 0.346 e. The summed E-state index contributed by atoms with van der Waals surface area (Å²) in [5.41, 5.74) is -1.61. The lowest BCUT2D eigenvalue weighted by Gasteiger charge is -2.22. The second kappa shape index (κ2) is 5.02. The van der Waals surface area contributed by atoms with Crippen LogP contribution in [-0.2, 0) is 16.9 Å². The molecule has 1 N–H and O–H groups in total. The standard InChI is InChI=1S/C14H21N5O2/c1-13(2,3)19-12(21)18(9-16-19)7-11(20)17-14(4,8-15)10-5-6-10/h9-10H,5-7H2,1-4H3,(H,17,20)/t14-/m1/s1. The minimum absolute atomic E-state index is 0.126.